The van der Waals surface area contributed by atoms with Gasteiger partial charge in [-0.05, 0) is 40.3 Å². The zero-order valence-corrected chi connectivity index (χ0v) is 16.1. The predicted molar refractivity (Wildman–Crippen MR) is 108 cm³/mol. The minimum Gasteiger partial charge on any atom is -0.367 e. The van der Waals surface area contributed by atoms with Gasteiger partial charge in [0.25, 0.3) is 0 Å². The van der Waals surface area contributed by atoms with Crippen molar-refractivity contribution in [1.29, 1.82) is 0 Å². The largest absolute Gasteiger partial charge is 0.367 e. The maximum absolute atomic E-state index is 12.8. The highest BCUT2D eigenvalue weighted by molar-refractivity contribution is 5.94. The van der Waals surface area contributed by atoms with Gasteiger partial charge in [-0.15, -0.1) is 0 Å². The number of carbonyl (C=O) groups is 1. The molecule has 1 amide bonds. The van der Waals surface area contributed by atoms with E-state index >= 15 is 0 Å². The maximum atomic E-state index is 12.8. The third-order valence-corrected chi connectivity index (χ3v) is 5.84. The molecule has 0 radical (unpaired) electrons. The number of benzene rings is 2. The molecule has 3 heterocycles. The van der Waals surface area contributed by atoms with Crippen LogP contribution in [0, 0.1) is 10.1 Å². The van der Waals surface area contributed by atoms with Gasteiger partial charge in [-0.3, -0.25) is 14.9 Å². The Balaban J connectivity index is 1.26. The minimum absolute atomic E-state index is 0.00620. The summed E-state index contributed by atoms with van der Waals surface area (Å²) in [6, 6.07) is 11.0. The number of nitrogens with zero attached hydrogens (tertiary/aromatic N) is 4. The van der Waals surface area contributed by atoms with Crippen LogP contribution in [0.15, 0.2) is 41.0 Å². The van der Waals surface area contributed by atoms with Crippen molar-refractivity contribution in [2.45, 2.75) is 31.5 Å². The van der Waals surface area contributed by atoms with Crippen molar-refractivity contribution < 1.29 is 14.3 Å². The smallest absolute Gasteiger partial charge is 0.300 e. The van der Waals surface area contributed by atoms with Crippen LogP contribution in [0.5, 0.6) is 0 Å². The molecule has 10 nitrogen and oxygen atoms in total. The molecule has 0 spiro atoms. The zero-order chi connectivity index (χ0) is 20.7. The molecule has 1 fully saturated rings. The first kappa shape index (κ1) is 18.5. The zero-order valence-electron chi connectivity index (χ0n) is 16.1. The average molecular weight is 408 g/mol. The van der Waals surface area contributed by atoms with Gasteiger partial charge in [-0.1, -0.05) is 24.3 Å². The first-order chi connectivity index (χ1) is 14.6. The van der Waals surface area contributed by atoms with E-state index in [2.05, 4.69) is 33.1 Å². The minimum atomic E-state index is -0.501. The van der Waals surface area contributed by atoms with E-state index in [0.717, 1.165) is 12.1 Å². The van der Waals surface area contributed by atoms with Crippen molar-refractivity contribution in [2.24, 2.45) is 0 Å². The summed E-state index contributed by atoms with van der Waals surface area (Å²) < 4.78 is 4.75. The number of rotatable bonds is 4. The van der Waals surface area contributed by atoms with Gasteiger partial charge in [-0.25, -0.2) is 4.63 Å². The van der Waals surface area contributed by atoms with Crippen LogP contribution in [0.4, 0.5) is 11.4 Å². The highest BCUT2D eigenvalue weighted by Gasteiger charge is 2.31. The van der Waals surface area contributed by atoms with Crippen LogP contribution in [-0.2, 0) is 17.8 Å². The molecule has 30 heavy (non-hydrogen) atoms. The molecule has 2 atom stereocenters. The number of carbonyl (C=O) groups excluding carboxylic acids is 1. The Kier molecular flexibility index (Phi) is 4.55. The van der Waals surface area contributed by atoms with E-state index in [0.29, 0.717) is 31.6 Å². The lowest BCUT2D eigenvalue weighted by atomic mass is 9.95. The number of aromatic nitrogens is 2. The lowest BCUT2D eigenvalue weighted by molar-refractivity contribution is -0.383. The monoisotopic (exact) mass is 408 g/mol. The Morgan fingerprint density at radius 1 is 1.20 bits per heavy atom. The molecule has 0 bridgehead atoms. The number of nitro benzene ring substituents is 1. The number of anilines is 1. The number of nitro groups is 1. The second-order valence-electron chi connectivity index (χ2n) is 7.67. The number of hydrogen-bond donors (Lipinski definition) is 2. The van der Waals surface area contributed by atoms with Crippen molar-refractivity contribution in [3.05, 3.63) is 57.6 Å². The molecule has 2 aliphatic rings. The fourth-order valence-electron chi connectivity index (χ4n) is 4.28. The second-order valence-corrected chi connectivity index (χ2v) is 7.67. The van der Waals surface area contributed by atoms with Crippen molar-refractivity contribution in [3.8, 4) is 0 Å². The molecule has 1 saturated heterocycles. The molecule has 2 aliphatic heterocycles. The van der Waals surface area contributed by atoms with Crippen LogP contribution in [0.1, 0.15) is 17.5 Å². The topological polar surface area (TPSA) is 126 Å². The maximum Gasteiger partial charge on any atom is 0.300 e. The molecule has 3 aromatic rings. The highest BCUT2D eigenvalue weighted by atomic mass is 16.6. The molecule has 0 aliphatic carbocycles. The number of nitrogens with one attached hydrogen (secondary N) is 2. The molecule has 0 unspecified atom stereocenters. The van der Waals surface area contributed by atoms with Gasteiger partial charge in [0, 0.05) is 31.7 Å². The molecule has 2 N–H and O–H groups in total. The summed E-state index contributed by atoms with van der Waals surface area (Å²) in [5, 5.41) is 25.2. The molecule has 2 aromatic carbocycles. The summed E-state index contributed by atoms with van der Waals surface area (Å²) in [6.07, 6.45) is 1.45. The fraction of sp³-hybridized carbons (Fsp3) is 0.350. The summed E-state index contributed by atoms with van der Waals surface area (Å²) in [4.78, 5) is 25.5. The molecule has 1 aromatic heterocycles. The van der Waals surface area contributed by atoms with Gasteiger partial charge in [0.1, 0.15) is 0 Å². The van der Waals surface area contributed by atoms with Crippen LogP contribution in [0.25, 0.3) is 11.0 Å². The highest BCUT2D eigenvalue weighted by Crippen LogP contribution is 2.32. The van der Waals surface area contributed by atoms with Gasteiger partial charge >= 0.3 is 5.69 Å². The number of non-ortho nitro benzene ring substituents is 1. The molecule has 10 heteroatoms. The molecular weight excluding hydrogens is 388 g/mol. The summed E-state index contributed by atoms with van der Waals surface area (Å²) in [6.45, 7) is 1.98. The lowest BCUT2D eigenvalue weighted by Crippen LogP contribution is -2.51. The van der Waals surface area contributed by atoms with E-state index in [1.807, 2.05) is 17.0 Å². The van der Waals surface area contributed by atoms with E-state index in [1.54, 1.807) is 6.07 Å². The van der Waals surface area contributed by atoms with Crippen LogP contribution >= 0.6 is 0 Å². The van der Waals surface area contributed by atoms with Crippen LogP contribution in [0.3, 0.4) is 0 Å². The number of amides is 1. The third kappa shape index (κ3) is 3.24. The number of hydrogen-bond acceptors (Lipinski definition) is 8. The molecule has 154 valence electrons. The van der Waals surface area contributed by atoms with Crippen LogP contribution < -0.4 is 15.5 Å². The van der Waals surface area contributed by atoms with Crippen LogP contribution in [0.2, 0.25) is 0 Å². The number of fused-ring (bicyclic) bond motifs is 2. The summed E-state index contributed by atoms with van der Waals surface area (Å²) in [7, 11) is 0. The Labute approximate surface area is 171 Å². The Bertz CT molecular complexity index is 1130. The molecular formula is C20H20N6O4. The van der Waals surface area contributed by atoms with E-state index < -0.39 is 4.92 Å². The Morgan fingerprint density at radius 2 is 2.00 bits per heavy atom. The van der Waals surface area contributed by atoms with E-state index in [9.17, 15) is 14.9 Å². The third-order valence-electron chi connectivity index (χ3n) is 5.84. The fourth-order valence-corrected chi connectivity index (χ4v) is 4.28. The molecule has 5 rings (SSSR count). The van der Waals surface area contributed by atoms with Crippen molar-refractivity contribution in [1.82, 2.24) is 20.9 Å². The van der Waals surface area contributed by atoms with Gasteiger partial charge < -0.3 is 15.5 Å². The van der Waals surface area contributed by atoms with Crippen molar-refractivity contribution in [3.63, 3.8) is 0 Å². The second kappa shape index (κ2) is 7.38. The van der Waals surface area contributed by atoms with Gasteiger partial charge in [0.15, 0.2) is 5.52 Å². The lowest BCUT2D eigenvalue weighted by Gasteiger charge is -2.26. The summed E-state index contributed by atoms with van der Waals surface area (Å²) in [5.74, 6) is -0.00620. The van der Waals surface area contributed by atoms with Crippen molar-refractivity contribution >= 4 is 28.3 Å². The van der Waals surface area contributed by atoms with E-state index in [1.165, 1.54) is 17.2 Å². The van der Waals surface area contributed by atoms with Crippen molar-refractivity contribution in [2.75, 3.05) is 18.0 Å². The standard InChI is InChI=1S/C20H20N6O4/c27-20(15-9-12-3-1-2-4-13(12)10-21-15)22-14-7-8-25(11-14)16-5-6-17(26(28)29)19-18(16)23-30-24-19/h1-6,14-15,21H,7-11H2,(H,22,27)/t14-,15-/m1/s1. The average Bonchev–Trinajstić information content (AvgIpc) is 3.42. The Hall–Kier alpha value is -3.53. The first-order valence-electron chi connectivity index (χ1n) is 9.85. The summed E-state index contributed by atoms with van der Waals surface area (Å²) >= 11 is 0. The molecule has 0 saturated carbocycles. The predicted octanol–water partition coefficient (Wildman–Crippen LogP) is 1.54. The Morgan fingerprint density at radius 3 is 2.83 bits per heavy atom. The van der Waals surface area contributed by atoms with E-state index in [-0.39, 0.29) is 29.2 Å². The van der Waals surface area contributed by atoms with Gasteiger partial charge in [-0.2, -0.15) is 0 Å². The summed E-state index contributed by atoms with van der Waals surface area (Å²) in [5.41, 5.74) is 3.52. The van der Waals surface area contributed by atoms with Gasteiger partial charge in [0.2, 0.25) is 11.4 Å². The normalized spacial score (nSPS) is 20.9. The van der Waals surface area contributed by atoms with Crippen LogP contribution in [-0.4, -0.2) is 46.3 Å². The van der Waals surface area contributed by atoms with Gasteiger partial charge in [0.05, 0.1) is 16.7 Å². The quantitative estimate of drug-likeness (QED) is 0.492. The first-order valence-corrected chi connectivity index (χ1v) is 9.85. The van der Waals surface area contributed by atoms with E-state index in [4.69, 9.17) is 4.63 Å². The SMILES string of the molecule is O=C(N[C@@H]1CCN(c2ccc([N+](=O)[O-])c3nonc23)C1)[C@H]1Cc2ccccc2CN1.